The summed E-state index contributed by atoms with van der Waals surface area (Å²) in [6, 6.07) is 5.28. The van der Waals surface area contributed by atoms with Gasteiger partial charge in [-0.05, 0) is 42.5 Å². The number of nitrogens with zero attached hydrogens (tertiary/aromatic N) is 3. The highest BCUT2D eigenvalue weighted by Gasteiger charge is 2.26. The minimum Gasteiger partial charge on any atom is -0.493 e. The number of benzene rings is 1. The van der Waals surface area contributed by atoms with Crippen LogP contribution in [0.1, 0.15) is 40.2 Å². The summed E-state index contributed by atoms with van der Waals surface area (Å²) in [6.07, 6.45) is 2.96. The number of rotatable bonds is 12. The number of methoxy groups -OCH3 is 1. The van der Waals surface area contributed by atoms with Crippen LogP contribution in [0.2, 0.25) is 0 Å². The van der Waals surface area contributed by atoms with Gasteiger partial charge in [-0.25, -0.2) is 4.79 Å². The van der Waals surface area contributed by atoms with Crippen molar-refractivity contribution in [3.63, 3.8) is 0 Å². The fourth-order valence-corrected chi connectivity index (χ4v) is 3.79. The lowest BCUT2D eigenvalue weighted by atomic mass is 10.1. The largest absolute Gasteiger partial charge is 0.493 e. The lowest BCUT2D eigenvalue weighted by Gasteiger charge is -2.28. The van der Waals surface area contributed by atoms with Crippen LogP contribution >= 0.6 is 0 Å². The van der Waals surface area contributed by atoms with Crippen molar-refractivity contribution >= 4 is 29.4 Å². The van der Waals surface area contributed by atoms with Crippen LogP contribution in [0.5, 0.6) is 11.5 Å². The average molecular weight is 530 g/mol. The number of likely N-dealkylation sites (N-methyl/N-ethyl adjacent to an activating group) is 1. The van der Waals surface area contributed by atoms with E-state index in [1.54, 1.807) is 24.3 Å². The maximum atomic E-state index is 13.4. The molecule has 0 unspecified atom stereocenters. The predicted octanol–water partition coefficient (Wildman–Crippen LogP) is 2.34. The van der Waals surface area contributed by atoms with Crippen molar-refractivity contribution in [1.29, 1.82) is 0 Å². The molecule has 1 aromatic heterocycles. The van der Waals surface area contributed by atoms with Crippen molar-refractivity contribution in [2.24, 2.45) is 11.8 Å². The molecule has 11 heteroatoms. The van der Waals surface area contributed by atoms with Gasteiger partial charge in [0.05, 0.1) is 13.7 Å². The number of amides is 2. The molecule has 38 heavy (non-hydrogen) atoms. The first-order chi connectivity index (χ1) is 17.9. The smallest absolute Gasteiger partial charge is 0.330 e. The number of hydrogen-bond donors (Lipinski definition) is 2. The molecular weight excluding hydrogens is 490 g/mol. The number of anilines is 2. The Morgan fingerprint density at radius 1 is 1.13 bits per heavy atom. The number of carbonyl (C=O) groups is 2. The van der Waals surface area contributed by atoms with Crippen LogP contribution in [-0.4, -0.2) is 60.1 Å². The van der Waals surface area contributed by atoms with E-state index in [1.165, 1.54) is 34.6 Å². The number of nitrogen functional groups attached to an aromatic ring is 1. The zero-order valence-electron chi connectivity index (χ0n) is 23.2. The standard InChI is InChI=1S/C27H39N5O6/c1-8-38-20-11-9-19(13-21(20)37-7)10-12-22(33)30(6)16-23(34)31(14-17(2)3)24-25(28)32(15-18(4)5)27(36)29-26(24)35/h9-13,17-18H,8,14-16,28H2,1-7H3,(H,29,35,36)/b12-10+. The second kappa shape index (κ2) is 13.5. The molecule has 0 saturated heterocycles. The molecule has 0 fully saturated rings. The van der Waals surface area contributed by atoms with Gasteiger partial charge in [0.25, 0.3) is 5.56 Å². The minimum atomic E-state index is -0.750. The van der Waals surface area contributed by atoms with Gasteiger partial charge in [-0.2, -0.15) is 0 Å². The van der Waals surface area contributed by atoms with E-state index in [-0.39, 0.29) is 43.0 Å². The van der Waals surface area contributed by atoms with Crippen LogP contribution in [0.4, 0.5) is 11.5 Å². The first-order valence-electron chi connectivity index (χ1n) is 12.6. The molecule has 0 aliphatic carbocycles. The van der Waals surface area contributed by atoms with Crippen LogP contribution in [0.25, 0.3) is 6.08 Å². The quantitative estimate of drug-likeness (QED) is 0.402. The molecule has 0 atom stereocenters. The van der Waals surface area contributed by atoms with Crippen molar-refractivity contribution < 1.29 is 19.1 Å². The third-order valence-corrected chi connectivity index (χ3v) is 5.54. The Labute approximate surface area is 222 Å². The number of H-pyrrole nitrogens is 1. The molecule has 0 aliphatic heterocycles. The fraction of sp³-hybridized carbons (Fsp3) is 0.481. The number of nitrogens with two attached hydrogens (primary N) is 1. The van der Waals surface area contributed by atoms with Crippen LogP contribution in [0, 0.1) is 11.8 Å². The topological polar surface area (TPSA) is 140 Å². The number of aromatic nitrogens is 2. The molecule has 11 nitrogen and oxygen atoms in total. The first-order valence-corrected chi connectivity index (χ1v) is 12.6. The monoisotopic (exact) mass is 529 g/mol. The van der Waals surface area contributed by atoms with Gasteiger partial charge < -0.3 is 25.0 Å². The summed E-state index contributed by atoms with van der Waals surface area (Å²) in [4.78, 5) is 56.0. The van der Waals surface area contributed by atoms with Crippen LogP contribution < -0.4 is 31.4 Å². The molecule has 0 aliphatic rings. The lowest BCUT2D eigenvalue weighted by Crippen LogP contribution is -2.46. The Morgan fingerprint density at radius 3 is 2.39 bits per heavy atom. The van der Waals surface area contributed by atoms with Gasteiger partial charge in [-0.3, -0.25) is 23.9 Å². The molecule has 2 aromatic rings. The highest BCUT2D eigenvalue weighted by atomic mass is 16.5. The third kappa shape index (κ3) is 7.74. The van der Waals surface area contributed by atoms with E-state index >= 15 is 0 Å². The van der Waals surface area contributed by atoms with E-state index in [1.807, 2.05) is 34.6 Å². The van der Waals surface area contributed by atoms with E-state index in [0.717, 1.165) is 0 Å². The molecule has 208 valence electrons. The summed E-state index contributed by atoms with van der Waals surface area (Å²) < 4.78 is 12.1. The number of nitrogens with one attached hydrogen (secondary N) is 1. The Kier molecular flexibility index (Phi) is 10.7. The van der Waals surface area contributed by atoms with E-state index < -0.39 is 23.1 Å². The number of aromatic amines is 1. The Hall–Kier alpha value is -4.02. The average Bonchev–Trinajstić information content (AvgIpc) is 2.84. The van der Waals surface area contributed by atoms with Gasteiger partial charge >= 0.3 is 5.69 Å². The maximum absolute atomic E-state index is 13.4. The molecule has 0 bridgehead atoms. The molecule has 0 saturated carbocycles. The maximum Gasteiger partial charge on any atom is 0.330 e. The van der Waals surface area contributed by atoms with Crippen molar-refractivity contribution in [3.05, 3.63) is 50.7 Å². The normalized spacial score (nSPS) is 11.3. The minimum absolute atomic E-state index is 0.0150. The molecule has 0 spiro atoms. The van der Waals surface area contributed by atoms with Gasteiger partial charge in [-0.1, -0.05) is 33.8 Å². The van der Waals surface area contributed by atoms with Crippen molar-refractivity contribution in [3.8, 4) is 11.5 Å². The van der Waals surface area contributed by atoms with Crippen LogP contribution in [0.3, 0.4) is 0 Å². The van der Waals surface area contributed by atoms with Crippen molar-refractivity contribution in [2.75, 3.05) is 44.5 Å². The van der Waals surface area contributed by atoms with Crippen molar-refractivity contribution in [1.82, 2.24) is 14.5 Å². The Balaban J connectivity index is 2.29. The molecule has 2 rings (SSSR count). The van der Waals surface area contributed by atoms with Crippen molar-refractivity contribution in [2.45, 2.75) is 41.2 Å². The summed E-state index contributed by atoms with van der Waals surface area (Å²) in [6.45, 7) is 10.1. The zero-order chi connectivity index (χ0) is 28.6. The molecule has 2 amide bonds. The van der Waals surface area contributed by atoms with E-state index in [2.05, 4.69) is 4.98 Å². The Bertz CT molecular complexity index is 1280. The number of carbonyl (C=O) groups excluding carboxylic acids is 2. The number of hydrogen-bond acceptors (Lipinski definition) is 7. The second-order valence-corrected chi connectivity index (χ2v) is 9.77. The van der Waals surface area contributed by atoms with Gasteiger partial charge in [-0.15, -0.1) is 0 Å². The van der Waals surface area contributed by atoms with E-state index in [0.29, 0.717) is 23.7 Å². The number of ether oxygens (including phenoxy) is 2. The lowest BCUT2D eigenvalue weighted by molar-refractivity contribution is -0.130. The fourth-order valence-electron chi connectivity index (χ4n) is 3.79. The zero-order valence-corrected chi connectivity index (χ0v) is 23.2. The third-order valence-electron chi connectivity index (χ3n) is 5.54. The van der Waals surface area contributed by atoms with Gasteiger partial charge in [0, 0.05) is 26.2 Å². The molecule has 1 aromatic carbocycles. The summed E-state index contributed by atoms with van der Waals surface area (Å²) in [5, 5.41) is 0. The van der Waals surface area contributed by atoms with E-state index in [9.17, 15) is 19.2 Å². The second-order valence-electron chi connectivity index (χ2n) is 9.77. The highest BCUT2D eigenvalue weighted by molar-refractivity contribution is 6.00. The summed E-state index contributed by atoms with van der Waals surface area (Å²) in [7, 11) is 3.02. The summed E-state index contributed by atoms with van der Waals surface area (Å²) in [5.74, 6) is 0.198. The van der Waals surface area contributed by atoms with Crippen LogP contribution in [-0.2, 0) is 16.1 Å². The van der Waals surface area contributed by atoms with Crippen LogP contribution in [0.15, 0.2) is 33.9 Å². The SMILES string of the molecule is CCOc1ccc(/C=C/C(=O)N(C)CC(=O)N(CC(C)C)c2c(N)n(CC(C)C)c(=O)[nH]c2=O)cc1OC. The summed E-state index contributed by atoms with van der Waals surface area (Å²) in [5.41, 5.74) is 5.48. The van der Waals surface area contributed by atoms with E-state index in [4.69, 9.17) is 15.2 Å². The van der Waals surface area contributed by atoms with Gasteiger partial charge in [0.2, 0.25) is 11.8 Å². The van der Waals surface area contributed by atoms with Gasteiger partial charge in [0.15, 0.2) is 17.2 Å². The molecule has 1 heterocycles. The Morgan fingerprint density at radius 2 is 1.82 bits per heavy atom. The predicted molar refractivity (Wildman–Crippen MR) is 149 cm³/mol. The van der Waals surface area contributed by atoms with Gasteiger partial charge in [0.1, 0.15) is 12.4 Å². The molecule has 0 radical (unpaired) electrons. The molecular formula is C27H39N5O6. The summed E-state index contributed by atoms with van der Waals surface area (Å²) >= 11 is 0. The first kappa shape index (κ1) is 30.2. The molecule has 3 N–H and O–H groups in total. The highest BCUT2D eigenvalue weighted by Crippen LogP contribution is 2.28.